The van der Waals surface area contributed by atoms with E-state index in [0.29, 0.717) is 6.54 Å². The monoisotopic (exact) mass is 543 g/mol. The second kappa shape index (κ2) is 15.5. The van der Waals surface area contributed by atoms with Gasteiger partial charge in [0.25, 0.3) is 0 Å². The highest BCUT2D eigenvalue weighted by Gasteiger charge is 2.12. The second-order valence-corrected chi connectivity index (χ2v) is 10.5. The Morgan fingerprint density at radius 3 is 2.67 bits per heavy atom. The number of amides is 1. The van der Waals surface area contributed by atoms with Crippen LogP contribution in [0.2, 0.25) is 0 Å². The van der Waals surface area contributed by atoms with E-state index >= 15 is 0 Å². The van der Waals surface area contributed by atoms with Gasteiger partial charge in [0, 0.05) is 67.8 Å². The molecule has 0 bridgehead atoms. The molecule has 4 rings (SSSR count). The topological polar surface area (TPSA) is 76.6 Å². The van der Waals surface area contributed by atoms with E-state index in [4.69, 9.17) is 4.98 Å². The lowest BCUT2D eigenvalue weighted by Gasteiger charge is -2.19. The Bertz CT molecular complexity index is 1240. The Morgan fingerprint density at radius 2 is 1.88 bits per heavy atom. The maximum absolute atomic E-state index is 12.4. The molecule has 40 heavy (non-hydrogen) atoms. The zero-order valence-corrected chi connectivity index (χ0v) is 24.4. The van der Waals surface area contributed by atoms with Crippen LogP contribution in [0.25, 0.3) is 28.2 Å². The summed E-state index contributed by atoms with van der Waals surface area (Å²) in [6.45, 7) is 14.5. The number of benzene rings is 1. The number of nitrogens with zero attached hydrogens (tertiary/aromatic N) is 5. The number of likely N-dealkylation sites (N-methyl/N-ethyl adjacent to an activating group) is 1. The normalized spacial score (nSPS) is 15.1. The molecule has 0 unspecified atom stereocenters. The van der Waals surface area contributed by atoms with E-state index in [9.17, 15) is 4.79 Å². The minimum absolute atomic E-state index is 0.0578. The van der Waals surface area contributed by atoms with Gasteiger partial charge in [-0.25, -0.2) is 4.98 Å². The molecule has 2 aromatic heterocycles. The molecule has 1 amide bonds. The Kier molecular flexibility index (Phi) is 11.5. The molecule has 0 atom stereocenters. The van der Waals surface area contributed by atoms with Crippen LogP contribution in [0.1, 0.15) is 32.3 Å². The first-order valence-electron chi connectivity index (χ1n) is 14.7. The molecule has 214 valence electrons. The van der Waals surface area contributed by atoms with Crippen LogP contribution in [0.4, 0.5) is 5.69 Å². The number of fused-ring (bicyclic) bond motifs is 1. The van der Waals surface area contributed by atoms with Gasteiger partial charge in [0.05, 0.1) is 11.2 Å². The molecule has 3 heterocycles. The second-order valence-electron chi connectivity index (χ2n) is 10.5. The molecule has 0 spiro atoms. The van der Waals surface area contributed by atoms with Gasteiger partial charge in [-0.05, 0) is 76.4 Å². The summed E-state index contributed by atoms with van der Waals surface area (Å²) in [6, 6.07) is 12.3. The summed E-state index contributed by atoms with van der Waals surface area (Å²) in [6.07, 6.45) is 9.40. The van der Waals surface area contributed by atoms with Crippen molar-refractivity contribution in [2.24, 2.45) is 0 Å². The minimum atomic E-state index is -0.0578. The highest BCUT2D eigenvalue weighted by atomic mass is 16.1. The first kappa shape index (κ1) is 29.6. The third kappa shape index (κ3) is 8.84. The molecule has 1 saturated heterocycles. The van der Waals surface area contributed by atoms with Crippen molar-refractivity contribution in [2.75, 3.05) is 77.8 Å². The number of nitrogens with one attached hydrogen (secondary N) is 2. The van der Waals surface area contributed by atoms with Gasteiger partial charge >= 0.3 is 0 Å². The standard InChI is InChI=1S/C32H45N7O/c1-4-38(5-2)19-6-15-34-31-24-30(36-29-14-16-33-25-28(29)31)27-11-8-26(9-12-27)10-13-32(40)35-17-21-39-20-7-18-37(3)22-23-39/h8-14,16,24-25H,4-7,15,17-23H2,1-3H3,(H,34,36)(H,35,40)/b13-10+. The number of aromatic nitrogens is 2. The summed E-state index contributed by atoms with van der Waals surface area (Å²) < 4.78 is 0. The van der Waals surface area contributed by atoms with Gasteiger partial charge < -0.3 is 25.3 Å². The van der Waals surface area contributed by atoms with Gasteiger partial charge in [0.1, 0.15) is 0 Å². The van der Waals surface area contributed by atoms with Crippen molar-refractivity contribution in [3.05, 3.63) is 60.4 Å². The summed E-state index contributed by atoms with van der Waals surface area (Å²) >= 11 is 0. The molecule has 0 aliphatic carbocycles. The van der Waals surface area contributed by atoms with Gasteiger partial charge in [-0.15, -0.1) is 0 Å². The largest absolute Gasteiger partial charge is 0.384 e. The molecule has 1 aliphatic heterocycles. The Balaban J connectivity index is 1.33. The summed E-state index contributed by atoms with van der Waals surface area (Å²) in [5.74, 6) is -0.0578. The molecule has 0 radical (unpaired) electrons. The summed E-state index contributed by atoms with van der Waals surface area (Å²) in [5.41, 5.74) is 4.91. The molecule has 2 N–H and O–H groups in total. The van der Waals surface area contributed by atoms with Crippen LogP contribution < -0.4 is 10.6 Å². The van der Waals surface area contributed by atoms with E-state index < -0.39 is 0 Å². The molecule has 8 heteroatoms. The molecule has 8 nitrogen and oxygen atoms in total. The maximum atomic E-state index is 12.4. The fraction of sp³-hybridized carbons (Fsp3) is 0.469. The number of carbonyl (C=O) groups is 1. The van der Waals surface area contributed by atoms with E-state index in [1.54, 1.807) is 12.3 Å². The summed E-state index contributed by atoms with van der Waals surface area (Å²) in [7, 11) is 2.17. The number of anilines is 1. The number of pyridine rings is 2. The third-order valence-corrected chi connectivity index (χ3v) is 7.64. The van der Waals surface area contributed by atoms with Crippen LogP contribution in [0, 0.1) is 0 Å². The van der Waals surface area contributed by atoms with E-state index in [-0.39, 0.29) is 5.91 Å². The molecular formula is C32H45N7O. The third-order valence-electron chi connectivity index (χ3n) is 7.64. The fourth-order valence-electron chi connectivity index (χ4n) is 5.08. The van der Waals surface area contributed by atoms with Crippen LogP contribution in [-0.4, -0.2) is 103 Å². The Morgan fingerprint density at radius 1 is 1.05 bits per heavy atom. The Labute approximate surface area is 239 Å². The molecule has 1 fully saturated rings. The van der Waals surface area contributed by atoms with E-state index in [1.807, 2.05) is 30.5 Å². The highest BCUT2D eigenvalue weighted by molar-refractivity contribution is 5.93. The quantitative estimate of drug-likeness (QED) is 0.247. The van der Waals surface area contributed by atoms with Gasteiger partial charge in [-0.1, -0.05) is 38.1 Å². The lowest BCUT2D eigenvalue weighted by molar-refractivity contribution is -0.116. The molecule has 3 aromatic rings. The fourth-order valence-corrected chi connectivity index (χ4v) is 5.08. The number of rotatable bonds is 13. The lowest BCUT2D eigenvalue weighted by atomic mass is 10.1. The zero-order valence-electron chi connectivity index (χ0n) is 24.4. The predicted octanol–water partition coefficient (Wildman–Crippen LogP) is 4.21. The van der Waals surface area contributed by atoms with Crippen LogP contribution in [0.15, 0.2) is 54.9 Å². The van der Waals surface area contributed by atoms with Crippen LogP contribution in [0.5, 0.6) is 0 Å². The number of hydrogen-bond donors (Lipinski definition) is 2. The molecular weight excluding hydrogens is 498 g/mol. The number of hydrogen-bond acceptors (Lipinski definition) is 7. The van der Waals surface area contributed by atoms with Crippen LogP contribution in [0.3, 0.4) is 0 Å². The van der Waals surface area contributed by atoms with Crippen molar-refractivity contribution < 1.29 is 4.79 Å². The van der Waals surface area contributed by atoms with Gasteiger partial charge in [0.15, 0.2) is 0 Å². The van der Waals surface area contributed by atoms with Crippen molar-refractivity contribution in [1.29, 1.82) is 0 Å². The van der Waals surface area contributed by atoms with Gasteiger partial charge in [0.2, 0.25) is 5.91 Å². The Hall–Kier alpha value is -3.33. The first-order valence-corrected chi connectivity index (χ1v) is 14.7. The van der Waals surface area contributed by atoms with Crippen molar-refractivity contribution in [3.63, 3.8) is 0 Å². The van der Waals surface area contributed by atoms with Crippen molar-refractivity contribution in [3.8, 4) is 11.3 Å². The average molecular weight is 544 g/mol. The summed E-state index contributed by atoms with van der Waals surface area (Å²) in [4.78, 5) is 28.8. The van der Waals surface area contributed by atoms with Gasteiger partial charge in [-0.2, -0.15) is 0 Å². The maximum Gasteiger partial charge on any atom is 0.244 e. The van der Waals surface area contributed by atoms with Crippen molar-refractivity contribution in [1.82, 2.24) is 30.0 Å². The van der Waals surface area contributed by atoms with E-state index in [2.05, 4.69) is 69.4 Å². The van der Waals surface area contributed by atoms with Crippen LogP contribution >= 0.6 is 0 Å². The smallest absolute Gasteiger partial charge is 0.244 e. The molecule has 1 aromatic carbocycles. The highest BCUT2D eigenvalue weighted by Crippen LogP contribution is 2.28. The first-order chi connectivity index (χ1) is 19.6. The SMILES string of the molecule is CCN(CC)CCCNc1cc(-c2ccc(/C=C/C(=O)NCCN3CCCN(C)CC3)cc2)nc2ccncc12. The van der Waals surface area contributed by atoms with E-state index in [1.165, 1.54) is 6.42 Å². The minimum Gasteiger partial charge on any atom is -0.384 e. The molecule has 1 aliphatic rings. The lowest BCUT2D eigenvalue weighted by Crippen LogP contribution is -2.36. The molecule has 0 saturated carbocycles. The average Bonchev–Trinajstić information content (AvgIpc) is 3.20. The van der Waals surface area contributed by atoms with Crippen molar-refractivity contribution in [2.45, 2.75) is 26.7 Å². The number of carbonyl (C=O) groups excluding carboxylic acids is 1. The van der Waals surface area contributed by atoms with Crippen LogP contribution in [-0.2, 0) is 4.79 Å². The summed E-state index contributed by atoms with van der Waals surface area (Å²) in [5, 5.41) is 7.67. The predicted molar refractivity (Wildman–Crippen MR) is 166 cm³/mol. The zero-order chi connectivity index (χ0) is 28.2. The van der Waals surface area contributed by atoms with E-state index in [0.717, 1.165) is 98.7 Å². The van der Waals surface area contributed by atoms with Gasteiger partial charge in [-0.3, -0.25) is 9.78 Å². The van der Waals surface area contributed by atoms with Crippen molar-refractivity contribution >= 4 is 28.6 Å².